The second-order valence-corrected chi connectivity index (χ2v) is 5.28. The molecule has 1 aromatic carbocycles. The van der Waals surface area contributed by atoms with Gasteiger partial charge in [0.15, 0.2) is 0 Å². The number of halogens is 2. The van der Waals surface area contributed by atoms with Gasteiger partial charge in [0.2, 0.25) is 0 Å². The van der Waals surface area contributed by atoms with Crippen LogP contribution in [0.4, 0.5) is 17.2 Å². The van der Waals surface area contributed by atoms with Crippen molar-refractivity contribution in [1.82, 2.24) is 4.98 Å². The molecule has 0 fully saturated rings. The number of ether oxygens (including phenoxy) is 1. The summed E-state index contributed by atoms with van der Waals surface area (Å²) in [5.74, 6) is 1.46. The number of aromatic nitrogens is 1. The summed E-state index contributed by atoms with van der Waals surface area (Å²) in [6.45, 7) is 0. The minimum absolute atomic E-state index is 0.632. The van der Waals surface area contributed by atoms with Crippen LogP contribution in [0.1, 0.15) is 0 Å². The Kier molecular flexibility index (Phi) is 4.08. The number of hydrogen-bond acceptors (Lipinski definition) is 4. The number of pyridine rings is 1. The highest BCUT2D eigenvalue weighted by atomic mass is 79.9. The molecule has 6 heteroatoms. The van der Waals surface area contributed by atoms with Crippen molar-refractivity contribution in [2.45, 2.75) is 0 Å². The zero-order valence-corrected chi connectivity index (χ0v) is 12.7. The van der Waals surface area contributed by atoms with Crippen LogP contribution < -0.4 is 15.8 Å². The molecule has 0 unspecified atom stereocenters. The van der Waals surface area contributed by atoms with E-state index < -0.39 is 0 Å². The predicted octanol–water partition coefficient (Wildman–Crippen LogP) is 3.94. The summed E-state index contributed by atoms with van der Waals surface area (Å²) in [4.78, 5) is 4.18. The van der Waals surface area contributed by atoms with E-state index in [0.717, 1.165) is 20.4 Å². The molecule has 0 atom stereocenters. The molecule has 94 valence electrons. The third-order valence-corrected chi connectivity index (χ3v) is 3.57. The summed E-state index contributed by atoms with van der Waals surface area (Å²) in [6.07, 6.45) is 1.60. The maximum atomic E-state index is 5.59. The number of methoxy groups -OCH3 is 1. The number of nitrogens with zero attached hydrogens (tertiary/aromatic N) is 1. The highest BCUT2D eigenvalue weighted by Crippen LogP contribution is 2.35. The number of nitrogens with one attached hydrogen (secondary N) is 1. The van der Waals surface area contributed by atoms with Crippen LogP contribution in [0.25, 0.3) is 0 Å². The van der Waals surface area contributed by atoms with E-state index in [2.05, 4.69) is 42.2 Å². The lowest BCUT2D eigenvalue weighted by atomic mass is 10.3. The van der Waals surface area contributed by atoms with Crippen molar-refractivity contribution >= 4 is 49.1 Å². The molecule has 0 radical (unpaired) electrons. The number of benzene rings is 1. The van der Waals surface area contributed by atoms with Gasteiger partial charge in [0, 0.05) is 10.5 Å². The first-order chi connectivity index (χ1) is 8.60. The molecular formula is C12H11Br2N3O. The van der Waals surface area contributed by atoms with Crippen molar-refractivity contribution in [3.63, 3.8) is 0 Å². The molecule has 2 rings (SSSR count). The average Bonchev–Trinajstić information content (AvgIpc) is 2.35. The highest BCUT2D eigenvalue weighted by Gasteiger charge is 2.07. The van der Waals surface area contributed by atoms with Crippen LogP contribution in [0, 0.1) is 0 Å². The summed E-state index contributed by atoms with van der Waals surface area (Å²) in [5.41, 5.74) is 7.09. The quantitative estimate of drug-likeness (QED) is 0.856. The molecule has 0 aliphatic rings. The van der Waals surface area contributed by atoms with Gasteiger partial charge in [-0.3, -0.25) is 0 Å². The normalized spacial score (nSPS) is 10.2. The van der Waals surface area contributed by atoms with Crippen LogP contribution in [0.2, 0.25) is 0 Å². The number of rotatable bonds is 3. The fourth-order valence-electron chi connectivity index (χ4n) is 1.40. The Labute approximate surface area is 122 Å². The third kappa shape index (κ3) is 2.94. The molecule has 3 N–H and O–H groups in total. The van der Waals surface area contributed by atoms with Crippen molar-refractivity contribution in [2.75, 3.05) is 18.2 Å². The second-order valence-electron chi connectivity index (χ2n) is 3.57. The van der Waals surface area contributed by atoms with E-state index in [-0.39, 0.29) is 0 Å². The molecular weight excluding hydrogens is 362 g/mol. The second kappa shape index (κ2) is 5.58. The lowest BCUT2D eigenvalue weighted by Gasteiger charge is -2.11. The summed E-state index contributed by atoms with van der Waals surface area (Å²) in [5, 5.41) is 3.19. The first kappa shape index (κ1) is 13.2. The number of hydrogen-bond donors (Lipinski definition) is 2. The Morgan fingerprint density at radius 2 is 2.00 bits per heavy atom. The van der Waals surface area contributed by atoms with Gasteiger partial charge < -0.3 is 15.8 Å². The summed E-state index contributed by atoms with van der Waals surface area (Å²) in [6, 6.07) is 7.40. The van der Waals surface area contributed by atoms with Crippen LogP contribution in [0.5, 0.6) is 5.75 Å². The van der Waals surface area contributed by atoms with Crippen molar-refractivity contribution < 1.29 is 4.74 Å². The third-order valence-electron chi connectivity index (χ3n) is 2.29. The van der Waals surface area contributed by atoms with E-state index in [4.69, 9.17) is 10.5 Å². The Balaban J connectivity index is 2.31. The lowest BCUT2D eigenvalue weighted by Crippen LogP contribution is -1.96. The van der Waals surface area contributed by atoms with Gasteiger partial charge in [0.25, 0.3) is 0 Å². The molecule has 0 amide bonds. The predicted molar refractivity (Wildman–Crippen MR) is 80.3 cm³/mol. The van der Waals surface area contributed by atoms with Crippen LogP contribution in [-0.2, 0) is 0 Å². The van der Waals surface area contributed by atoms with Gasteiger partial charge in [-0.25, -0.2) is 4.98 Å². The van der Waals surface area contributed by atoms with Crippen molar-refractivity contribution in [3.05, 3.63) is 39.4 Å². The fourth-order valence-corrected chi connectivity index (χ4v) is 2.65. The Morgan fingerprint density at radius 1 is 1.22 bits per heavy atom. The molecule has 0 saturated heterocycles. The molecule has 0 aliphatic carbocycles. The Morgan fingerprint density at radius 3 is 2.61 bits per heavy atom. The molecule has 2 aromatic rings. The van der Waals surface area contributed by atoms with Gasteiger partial charge in [-0.2, -0.15) is 0 Å². The number of nitrogens with two attached hydrogens (primary N) is 1. The SMILES string of the molecule is COc1cc(Nc2ccc(N)cn2)c(Br)cc1Br. The van der Waals surface area contributed by atoms with Gasteiger partial charge in [0.1, 0.15) is 11.6 Å². The molecule has 18 heavy (non-hydrogen) atoms. The van der Waals surface area contributed by atoms with Crippen LogP contribution in [-0.4, -0.2) is 12.1 Å². The van der Waals surface area contributed by atoms with Gasteiger partial charge in [0.05, 0.1) is 29.2 Å². The van der Waals surface area contributed by atoms with Gasteiger partial charge >= 0.3 is 0 Å². The van der Waals surface area contributed by atoms with Gasteiger partial charge in [-0.15, -0.1) is 0 Å². The van der Waals surface area contributed by atoms with E-state index in [0.29, 0.717) is 11.5 Å². The zero-order chi connectivity index (χ0) is 13.1. The minimum atomic E-state index is 0.632. The van der Waals surface area contributed by atoms with Crippen molar-refractivity contribution in [2.24, 2.45) is 0 Å². The average molecular weight is 373 g/mol. The Bertz CT molecular complexity index is 558. The maximum Gasteiger partial charge on any atom is 0.135 e. The Hall–Kier alpha value is -1.27. The van der Waals surface area contributed by atoms with Gasteiger partial charge in [-0.05, 0) is 50.1 Å². The number of nitrogen functional groups attached to an aromatic ring is 1. The molecule has 0 saturated carbocycles. The van der Waals surface area contributed by atoms with Crippen molar-refractivity contribution in [3.8, 4) is 5.75 Å². The lowest BCUT2D eigenvalue weighted by molar-refractivity contribution is 0.412. The van der Waals surface area contributed by atoms with E-state index in [1.54, 1.807) is 19.4 Å². The topological polar surface area (TPSA) is 60.2 Å². The van der Waals surface area contributed by atoms with E-state index >= 15 is 0 Å². The molecule has 0 spiro atoms. The van der Waals surface area contributed by atoms with Gasteiger partial charge in [-0.1, -0.05) is 0 Å². The molecule has 0 aliphatic heterocycles. The summed E-state index contributed by atoms with van der Waals surface area (Å²) >= 11 is 6.90. The minimum Gasteiger partial charge on any atom is -0.495 e. The molecule has 1 aromatic heterocycles. The standard InChI is InChI=1S/C12H11Br2N3O/c1-18-11-5-10(8(13)4-9(11)14)17-12-3-2-7(15)6-16-12/h2-6H,15H2,1H3,(H,16,17). The highest BCUT2D eigenvalue weighted by molar-refractivity contribution is 9.11. The summed E-state index contributed by atoms with van der Waals surface area (Å²) < 4.78 is 7.04. The zero-order valence-electron chi connectivity index (χ0n) is 9.58. The fraction of sp³-hybridized carbons (Fsp3) is 0.0833. The largest absolute Gasteiger partial charge is 0.495 e. The molecule has 1 heterocycles. The first-order valence-corrected chi connectivity index (χ1v) is 6.70. The van der Waals surface area contributed by atoms with Crippen LogP contribution >= 0.6 is 31.9 Å². The maximum absolute atomic E-state index is 5.59. The molecule has 0 bridgehead atoms. The summed E-state index contributed by atoms with van der Waals surface area (Å²) in [7, 11) is 1.62. The van der Waals surface area contributed by atoms with E-state index in [9.17, 15) is 0 Å². The van der Waals surface area contributed by atoms with Crippen LogP contribution in [0.3, 0.4) is 0 Å². The monoisotopic (exact) mass is 371 g/mol. The first-order valence-electron chi connectivity index (χ1n) is 5.11. The molecule has 4 nitrogen and oxygen atoms in total. The number of anilines is 3. The van der Waals surface area contributed by atoms with Crippen molar-refractivity contribution in [1.29, 1.82) is 0 Å². The van der Waals surface area contributed by atoms with E-state index in [1.165, 1.54) is 0 Å². The van der Waals surface area contributed by atoms with Crippen LogP contribution in [0.15, 0.2) is 39.4 Å². The smallest absolute Gasteiger partial charge is 0.135 e. The van der Waals surface area contributed by atoms with E-state index in [1.807, 2.05) is 18.2 Å².